The molecule has 3 rings (SSSR count). The van der Waals surface area contributed by atoms with E-state index < -0.39 is 10.0 Å². The largest absolute Gasteiger partial charge is 0.336 e. The van der Waals surface area contributed by atoms with Gasteiger partial charge in [0.05, 0.1) is 10.7 Å². The Kier molecular flexibility index (Phi) is 4.66. The maximum absolute atomic E-state index is 12.6. The first-order valence-electron chi connectivity index (χ1n) is 7.85. The molecule has 0 spiro atoms. The van der Waals surface area contributed by atoms with Crippen molar-refractivity contribution in [1.29, 1.82) is 0 Å². The third-order valence-corrected chi connectivity index (χ3v) is 5.76. The second kappa shape index (κ2) is 6.61. The molecule has 0 saturated heterocycles. The summed E-state index contributed by atoms with van der Waals surface area (Å²) in [6, 6.07) is 7.16. The molecule has 0 unspecified atom stereocenters. The van der Waals surface area contributed by atoms with E-state index in [-0.39, 0.29) is 10.9 Å². The zero-order valence-corrected chi connectivity index (χ0v) is 16.1. The molecule has 0 aliphatic rings. The first-order valence-corrected chi connectivity index (χ1v) is 10.2. The molecule has 3 aromatic rings. The quantitative estimate of drug-likeness (QED) is 0.735. The van der Waals surface area contributed by atoms with Crippen LogP contribution in [0.3, 0.4) is 0 Å². The molecule has 2 heterocycles. The smallest absolute Gasteiger partial charge is 0.280 e. The van der Waals surface area contributed by atoms with Crippen LogP contribution in [0.15, 0.2) is 40.9 Å². The number of aryl methyl sites for hydroxylation is 2. The van der Waals surface area contributed by atoms with Crippen molar-refractivity contribution in [3.05, 3.63) is 46.7 Å². The molecular weight excluding hydrogens is 356 g/mol. The maximum atomic E-state index is 12.6. The lowest BCUT2D eigenvalue weighted by Gasteiger charge is -2.06. The average Bonchev–Trinajstić information content (AvgIpc) is 3.14. The van der Waals surface area contributed by atoms with Gasteiger partial charge in [0.1, 0.15) is 5.82 Å². The molecule has 132 valence electrons. The summed E-state index contributed by atoms with van der Waals surface area (Å²) < 4.78 is 29.4. The van der Waals surface area contributed by atoms with Gasteiger partial charge in [-0.15, -0.1) is 11.3 Å². The molecule has 0 saturated carbocycles. The highest BCUT2D eigenvalue weighted by Gasteiger charge is 2.20. The Hall–Kier alpha value is -2.19. The third-order valence-electron chi connectivity index (χ3n) is 3.73. The maximum Gasteiger partial charge on any atom is 0.280 e. The van der Waals surface area contributed by atoms with Crippen molar-refractivity contribution >= 4 is 27.0 Å². The fraction of sp³-hybridized carbons (Fsp3) is 0.294. The van der Waals surface area contributed by atoms with Crippen LogP contribution in [0, 0.1) is 6.92 Å². The Bertz CT molecular complexity index is 986. The Balaban J connectivity index is 1.82. The SMILES string of the molecule is Cc1nc(-c2ccc(NS(=O)(=O)c3cn(C)c(C(C)C)n3)cc2)cs1. The van der Waals surface area contributed by atoms with Crippen LogP contribution in [0.1, 0.15) is 30.6 Å². The molecule has 0 aliphatic heterocycles. The molecule has 2 aromatic heterocycles. The Morgan fingerprint density at radius 1 is 1.16 bits per heavy atom. The number of benzene rings is 1. The van der Waals surface area contributed by atoms with Crippen LogP contribution < -0.4 is 4.72 Å². The van der Waals surface area contributed by atoms with Crippen LogP contribution in [-0.4, -0.2) is 23.0 Å². The molecule has 1 N–H and O–H groups in total. The fourth-order valence-corrected chi connectivity index (χ4v) is 4.21. The highest BCUT2D eigenvalue weighted by molar-refractivity contribution is 7.92. The van der Waals surface area contributed by atoms with E-state index in [2.05, 4.69) is 14.7 Å². The number of thiazole rings is 1. The van der Waals surface area contributed by atoms with Crippen molar-refractivity contribution in [3.63, 3.8) is 0 Å². The van der Waals surface area contributed by atoms with Crippen molar-refractivity contribution in [2.75, 3.05) is 4.72 Å². The highest BCUT2D eigenvalue weighted by Crippen LogP contribution is 2.24. The van der Waals surface area contributed by atoms with Gasteiger partial charge in [-0.2, -0.15) is 8.42 Å². The summed E-state index contributed by atoms with van der Waals surface area (Å²) >= 11 is 1.58. The van der Waals surface area contributed by atoms with Crippen molar-refractivity contribution < 1.29 is 8.42 Å². The van der Waals surface area contributed by atoms with Gasteiger partial charge >= 0.3 is 0 Å². The average molecular weight is 377 g/mol. The normalized spacial score (nSPS) is 11.9. The van der Waals surface area contributed by atoms with Crippen molar-refractivity contribution in [1.82, 2.24) is 14.5 Å². The molecule has 0 fully saturated rings. The Morgan fingerprint density at radius 3 is 2.36 bits per heavy atom. The van der Waals surface area contributed by atoms with Crippen molar-refractivity contribution in [2.45, 2.75) is 31.7 Å². The summed E-state index contributed by atoms with van der Waals surface area (Å²) in [4.78, 5) is 8.68. The summed E-state index contributed by atoms with van der Waals surface area (Å²) in [6.07, 6.45) is 1.53. The zero-order chi connectivity index (χ0) is 18.2. The van der Waals surface area contributed by atoms with Crippen LogP contribution in [0.25, 0.3) is 11.3 Å². The van der Waals surface area contributed by atoms with Gasteiger partial charge in [-0.05, 0) is 19.1 Å². The number of rotatable bonds is 5. The van der Waals surface area contributed by atoms with Crippen LogP contribution in [0.2, 0.25) is 0 Å². The molecule has 0 aliphatic carbocycles. The lowest BCUT2D eigenvalue weighted by molar-refractivity contribution is 0.597. The number of nitrogens with one attached hydrogen (secondary N) is 1. The van der Waals surface area contributed by atoms with Gasteiger partial charge in [0.15, 0.2) is 5.03 Å². The van der Waals surface area contributed by atoms with Gasteiger partial charge in [0, 0.05) is 35.8 Å². The minimum absolute atomic E-state index is 0.0258. The summed E-state index contributed by atoms with van der Waals surface area (Å²) in [5, 5.41) is 3.00. The van der Waals surface area contributed by atoms with E-state index in [1.165, 1.54) is 6.20 Å². The summed E-state index contributed by atoms with van der Waals surface area (Å²) in [5.74, 6) is 0.879. The van der Waals surface area contributed by atoms with E-state index >= 15 is 0 Å². The summed E-state index contributed by atoms with van der Waals surface area (Å²) in [6.45, 7) is 5.91. The summed E-state index contributed by atoms with van der Waals surface area (Å²) in [7, 11) is -1.92. The monoisotopic (exact) mass is 376 g/mol. The van der Waals surface area contributed by atoms with Gasteiger partial charge in [-0.1, -0.05) is 26.0 Å². The number of aromatic nitrogens is 3. The topological polar surface area (TPSA) is 76.9 Å². The molecule has 1 aromatic carbocycles. The van der Waals surface area contributed by atoms with Gasteiger partial charge in [-0.25, -0.2) is 9.97 Å². The van der Waals surface area contributed by atoms with E-state index in [4.69, 9.17) is 0 Å². The number of anilines is 1. The van der Waals surface area contributed by atoms with Gasteiger partial charge in [0.2, 0.25) is 0 Å². The van der Waals surface area contributed by atoms with Gasteiger partial charge in [-0.3, -0.25) is 4.72 Å². The molecule has 0 bridgehead atoms. The van der Waals surface area contributed by atoms with Crippen molar-refractivity contribution in [2.24, 2.45) is 7.05 Å². The number of nitrogens with zero attached hydrogens (tertiary/aromatic N) is 3. The fourth-order valence-electron chi connectivity index (χ4n) is 2.53. The molecule has 8 heteroatoms. The number of hydrogen-bond donors (Lipinski definition) is 1. The number of hydrogen-bond acceptors (Lipinski definition) is 5. The van der Waals surface area contributed by atoms with E-state index in [9.17, 15) is 8.42 Å². The van der Waals surface area contributed by atoms with E-state index in [1.807, 2.05) is 38.3 Å². The van der Waals surface area contributed by atoms with Crippen molar-refractivity contribution in [3.8, 4) is 11.3 Å². The predicted octanol–water partition coefficient (Wildman–Crippen LogP) is 3.78. The van der Waals surface area contributed by atoms with Crippen LogP contribution >= 0.6 is 11.3 Å². The van der Waals surface area contributed by atoms with E-state index in [1.54, 1.807) is 35.1 Å². The van der Waals surface area contributed by atoms with Crippen LogP contribution in [0.4, 0.5) is 5.69 Å². The van der Waals surface area contributed by atoms with Gasteiger partial charge in [0.25, 0.3) is 10.0 Å². The zero-order valence-electron chi connectivity index (χ0n) is 14.5. The van der Waals surface area contributed by atoms with Crippen LogP contribution in [0.5, 0.6) is 0 Å². The second-order valence-corrected chi connectivity index (χ2v) is 8.83. The lowest BCUT2D eigenvalue weighted by Crippen LogP contribution is -2.13. The molecule has 0 radical (unpaired) electrons. The highest BCUT2D eigenvalue weighted by atomic mass is 32.2. The first kappa shape index (κ1) is 17.6. The molecule has 6 nitrogen and oxygen atoms in total. The molecule has 25 heavy (non-hydrogen) atoms. The standard InChI is InChI=1S/C17H20N4O2S2/c1-11(2)17-19-16(9-21(17)4)25(22,23)20-14-7-5-13(6-8-14)15-10-24-12(3)18-15/h5-11,20H,1-4H3. The number of imidazole rings is 1. The molecule has 0 amide bonds. The second-order valence-electron chi connectivity index (χ2n) is 6.14. The molecule has 0 atom stereocenters. The van der Waals surface area contributed by atoms with E-state index in [0.717, 1.165) is 22.1 Å². The Labute approximate surface area is 151 Å². The lowest BCUT2D eigenvalue weighted by atomic mass is 10.1. The van der Waals surface area contributed by atoms with Crippen LogP contribution in [-0.2, 0) is 17.1 Å². The Morgan fingerprint density at radius 2 is 1.84 bits per heavy atom. The first-order chi connectivity index (χ1) is 11.8. The minimum atomic E-state index is -3.72. The molecular formula is C17H20N4O2S2. The summed E-state index contributed by atoms with van der Waals surface area (Å²) in [5.41, 5.74) is 2.34. The number of sulfonamides is 1. The third kappa shape index (κ3) is 3.74. The van der Waals surface area contributed by atoms with Gasteiger partial charge < -0.3 is 4.57 Å². The minimum Gasteiger partial charge on any atom is -0.336 e. The van der Waals surface area contributed by atoms with E-state index in [0.29, 0.717) is 5.69 Å². The predicted molar refractivity (Wildman–Crippen MR) is 100 cm³/mol.